The van der Waals surface area contributed by atoms with E-state index in [1.165, 1.54) is 12.7 Å². The molecule has 1 aliphatic heterocycles. The molecular weight excluding hydrogens is 238 g/mol. The van der Waals surface area contributed by atoms with Crippen molar-refractivity contribution in [3.63, 3.8) is 0 Å². The third kappa shape index (κ3) is 3.16. The number of likely N-dealkylation sites (tertiary alicyclic amines) is 1. The second-order valence-electron chi connectivity index (χ2n) is 5.39. The SMILES string of the molecule is COC(=O)C[C@H]1CCN([C@H](C)c2ccccc2)[C@@H]1C. The number of benzene rings is 1. The summed E-state index contributed by atoms with van der Waals surface area (Å²) in [5.41, 5.74) is 1.34. The molecule has 2 rings (SSSR count). The van der Waals surface area contributed by atoms with Gasteiger partial charge in [-0.2, -0.15) is 0 Å². The van der Waals surface area contributed by atoms with E-state index in [9.17, 15) is 4.79 Å². The van der Waals surface area contributed by atoms with Crippen LogP contribution in [0.3, 0.4) is 0 Å². The van der Waals surface area contributed by atoms with Crippen molar-refractivity contribution in [1.29, 1.82) is 0 Å². The van der Waals surface area contributed by atoms with Gasteiger partial charge in [0, 0.05) is 18.5 Å². The summed E-state index contributed by atoms with van der Waals surface area (Å²) in [4.78, 5) is 13.9. The molecule has 1 heterocycles. The molecule has 3 heteroatoms. The van der Waals surface area contributed by atoms with Gasteiger partial charge in [0.05, 0.1) is 7.11 Å². The molecular formula is C16H23NO2. The van der Waals surface area contributed by atoms with Crippen LogP contribution >= 0.6 is 0 Å². The van der Waals surface area contributed by atoms with Crippen LogP contribution in [-0.2, 0) is 9.53 Å². The molecule has 1 saturated heterocycles. The van der Waals surface area contributed by atoms with Gasteiger partial charge in [-0.1, -0.05) is 30.3 Å². The summed E-state index contributed by atoms with van der Waals surface area (Å²) in [5.74, 6) is 0.324. The van der Waals surface area contributed by atoms with Crippen molar-refractivity contribution >= 4 is 5.97 Å². The van der Waals surface area contributed by atoms with E-state index in [-0.39, 0.29) is 5.97 Å². The molecule has 0 aromatic heterocycles. The molecule has 1 aromatic carbocycles. The number of methoxy groups -OCH3 is 1. The minimum atomic E-state index is -0.0916. The lowest BCUT2D eigenvalue weighted by atomic mass is 9.97. The van der Waals surface area contributed by atoms with Crippen molar-refractivity contribution in [3.8, 4) is 0 Å². The lowest BCUT2D eigenvalue weighted by Crippen LogP contribution is -2.33. The summed E-state index contributed by atoms with van der Waals surface area (Å²) in [6.07, 6.45) is 1.61. The maximum Gasteiger partial charge on any atom is 0.305 e. The minimum Gasteiger partial charge on any atom is -0.469 e. The predicted octanol–water partition coefficient (Wildman–Crippen LogP) is 3.02. The van der Waals surface area contributed by atoms with E-state index in [1.807, 2.05) is 6.07 Å². The topological polar surface area (TPSA) is 29.5 Å². The van der Waals surface area contributed by atoms with Gasteiger partial charge < -0.3 is 4.74 Å². The van der Waals surface area contributed by atoms with Crippen LogP contribution in [-0.4, -0.2) is 30.6 Å². The number of esters is 1. The zero-order valence-corrected chi connectivity index (χ0v) is 12.0. The molecule has 1 aromatic rings. The molecule has 1 aliphatic rings. The lowest BCUT2D eigenvalue weighted by Gasteiger charge is -2.30. The highest BCUT2D eigenvalue weighted by molar-refractivity contribution is 5.69. The first-order valence-electron chi connectivity index (χ1n) is 7.01. The van der Waals surface area contributed by atoms with E-state index < -0.39 is 0 Å². The Balaban J connectivity index is 2.01. The van der Waals surface area contributed by atoms with Crippen molar-refractivity contribution in [2.75, 3.05) is 13.7 Å². The molecule has 0 bridgehead atoms. The van der Waals surface area contributed by atoms with E-state index in [4.69, 9.17) is 4.74 Å². The Kier molecular flexibility index (Phi) is 4.59. The van der Waals surface area contributed by atoms with Gasteiger partial charge in [-0.3, -0.25) is 9.69 Å². The number of carbonyl (C=O) groups excluding carboxylic acids is 1. The van der Waals surface area contributed by atoms with Crippen molar-refractivity contribution in [3.05, 3.63) is 35.9 Å². The maximum atomic E-state index is 11.4. The van der Waals surface area contributed by atoms with Crippen molar-refractivity contribution in [1.82, 2.24) is 4.90 Å². The Bertz CT molecular complexity index is 418. The highest BCUT2D eigenvalue weighted by atomic mass is 16.5. The Labute approximate surface area is 115 Å². The quantitative estimate of drug-likeness (QED) is 0.780. The van der Waals surface area contributed by atoms with Crippen LogP contribution in [0.5, 0.6) is 0 Å². The predicted molar refractivity (Wildman–Crippen MR) is 75.8 cm³/mol. The van der Waals surface area contributed by atoms with Gasteiger partial charge in [0.1, 0.15) is 0 Å². The fourth-order valence-corrected chi connectivity index (χ4v) is 3.07. The van der Waals surface area contributed by atoms with Crippen molar-refractivity contribution in [2.45, 2.75) is 38.8 Å². The summed E-state index contributed by atoms with van der Waals surface area (Å²) in [6, 6.07) is 11.4. The normalized spacial score (nSPS) is 25.2. The fourth-order valence-electron chi connectivity index (χ4n) is 3.07. The molecule has 104 valence electrons. The Morgan fingerprint density at radius 3 is 2.74 bits per heavy atom. The second kappa shape index (κ2) is 6.20. The zero-order valence-electron chi connectivity index (χ0n) is 12.0. The minimum absolute atomic E-state index is 0.0916. The summed E-state index contributed by atoms with van der Waals surface area (Å²) >= 11 is 0. The molecule has 0 spiro atoms. The molecule has 0 aliphatic carbocycles. The molecule has 19 heavy (non-hydrogen) atoms. The molecule has 0 N–H and O–H groups in total. The standard InChI is InChI=1S/C16H23NO2/c1-12(14-7-5-4-6-8-14)17-10-9-15(13(17)2)11-16(18)19-3/h4-8,12-13,15H,9-11H2,1-3H3/t12-,13-,15-/m1/s1. The number of rotatable bonds is 4. The first-order valence-corrected chi connectivity index (χ1v) is 7.01. The Morgan fingerprint density at radius 1 is 1.42 bits per heavy atom. The summed E-state index contributed by atoms with van der Waals surface area (Å²) in [7, 11) is 1.46. The molecule has 0 unspecified atom stereocenters. The fraction of sp³-hybridized carbons (Fsp3) is 0.562. The van der Waals surface area contributed by atoms with Crippen molar-refractivity contribution in [2.24, 2.45) is 5.92 Å². The van der Waals surface area contributed by atoms with E-state index in [1.54, 1.807) is 0 Å². The monoisotopic (exact) mass is 261 g/mol. The second-order valence-corrected chi connectivity index (χ2v) is 5.39. The maximum absolute atomic E-state index is 11.4. The Hall–Kier alpha value is -1.35. The first-order chi connectivity index (χ1) is 9.13. The highest BCUT2D eigenvalue weighted by Gasteiger charge is 2.35. The average Bonchev–Trinajstić information content (AvgIpc) is 2.80. The van der Waals surface area contributed by atoms with Crippen LogP contribution in [0.1, 0.15) is 38.3 Å². The van der Waals surface area contributed by atoms with E-state index in [0.29, 0.717) is 24.4 Å². The number of ether oxygens (including phenoxy) is 1. The molecule has 0 amide bonds. The molecule has 0 saturated carbocycles. The molecule has 3 atom stereocenters. The van der Waals surface area contributed by atoms with Gasteiger partial charge in [0.25, 0.3) is 0 Å². The summed E-state index contributed by atoms with van der Waals surface area (Å²) in [5, 5.41) is 0. The Morgan fingerprint density at radius 2 is 2.11 bits per heavy atom. The van der Waals surface area contributed by atoms with Crippen LogP contribution in [0, 0.1) is 5.92 Å². The van der Waals surface area contributed by atoms with Gasteiger partial charge in [-0.25, -0.2) is 0 Å². The third-order valence-corrected chi connectivity index (χ3v) is 4.40. The number of hydrogen-bond donors (Lipinski definition) is 0. The van der Waals surface area contributed by atoms with Crippen molar-refractivity contribution < 1.29 is 9.53 Å². The number of carbonyl (C=O) groups is 1. The summed E-state index contributed by atoms with van der Waals surface area (Å²) < 4.78 is 4.78. The highest BCUT2D eigenvalue weighted by Crippen LogP contribution is 2.34. The smallest absolute Gasteiger partial charge is 0.305 e. The molecule has 3 nitrogen and oxygen atoms in total. The van der Waals surface area contributed by atoms with Crippen LogP contribution in [0.15, 0.2) is 30.3 Å². The third-order valence-electron chi connectivity index (χ3n) is 4.40. The number of nitrogens with zero attached hydrogens (tertiary/aromatic N) is 1. The van der Waals surface area contributed by atoms with E-state index in [0.717, 1.165) is 13.0 Å². The van der Waals surface area contributed by atoms with Crippen LogP contribution in [0.25, 0.3) is 0 Å². The van der Waals surface area contributed by atoms with E-state index in [2.05, 4.69) is 43.0 Å². The van der Waals surface area contributed by atoms with E-state index >= 15 is 0 Å². The van der Waals surface area contributed by atoms with Crippen LogP contribution in [0.2, 0.25) is 0 Å². The van der Waals surface area contributed by atoms with Crippen LogP contribution < -0.4 is 0 Å². The van der Waals surface area contributed by atoms with Gasteiger partial charge in [-0.05, 0) is 38.3 Å². The van der Waals surface area contributed by atoms with Gasteiger partial charge in [0.15, 0.2) is 0 Å². The summed E-state index contributed by atoms with van der Waals surface area (Å²) in [6.45, 7) is 5.52. The lowest BCUT2D eigenvalue weighted by molar-refractivity contribution is -0.141. The molecule has 1 fully saturated rings. The van der Waals surface area contributed by atoms with Crippen LogP contribution in [0.4, 0.5) is 0 Å². The van der Waals surface area contributed by atoms with Gasteiger partial charge in [0.2, 0.25) is 0 Å². The first kappa shape index (κ1) is 14.1. The largest absolute Gasteiger partial charge is 0.469 e. The van der Waals surface area contributed by atoms with Gasteiger partial charge >= 0.3 is 5.97 Å². The van der Waals surface area contributed by atoms with Gasteiger partial charge in [-0.15, -0.1) is 0 Å². The number of hydrogen-bond acceptors (Lipinski definition) is 3. The zero-order chi connectivity index (χ0) is 13.8. The molecule has 0 radical (unpaired) electrons. The average molecular weight is 261 g/mol.